The van der Waals surface area contributed by atoms with Crippen molar-refractivity contribution in [1.29, 1.82) is 0 Å². The topological polar surface area (TPSA) is 127 Å². The molecule has 1 fully saturated rings. The lowest BCUT2D eigenvalue weighted by molar-refractivity contribution is -0.123. The summed E-state index contributed by atoms with van der Waals surface area (Å²) >= 11 is 0. The van der Waals surface area contributed by atoms with Crippen molar-refractivity contribution in [2.75, 3.05) is 33.4 Å². The smallest absolute Gasteiger partial charge is 0.258 e. The fraction of sp³-hybridized carbons (Fsp3) is 0.414. The Bertz CT molecular complexity index is 1370. The molecule has 11 heteroatoms. The molecule has 0 radical (unpaired) electrons. The molecule has 3 aromatic rings. The molecule has 0 aliphatic carbocycles. The molecule has 3 aliphatic rings. The van der Waals surface area contributed by atoms with Gasteiger partial charge in [-0.15, -0.1) is 0 Å². The van der Waals surface area contributed by atoms with E-state index in [2.05, 4.69) is 20.6 Å². The van der Waals surface area contributed by atoms with E-state index in [0.29, 0.717) is 55.5 Å². The number of nitrogens with one attached hydrogen (secondary N) is 2. The minimum atomic E-state index is -0.299. The third-order valence-corrected chi connectivity index (χ3v) is 7.37. The van der Waals surface area contributed by atoms with Gasteiger partial charge in [-0.1, -0.05) is 12.1 Å². The molecule has 40 heavy (non-hydrogen) atoms. The van der Waals surface area contributed by atoms with Crippen LogP contribution >= 0.6 is 0 Å². The minimum Gasteiger partial charge on any atom is -0.493 e. The number of aliphatic hydroxyl groups excluding tert-OH is 1. The van der Waals surface area contributed by atoms with Gasteiger partial charge < -0.3 is 30.0 Å². The number of hydrogen-bond acceptors (Lipinski definition) is 8. The van der Waals surface area contributed by atoms with Crippen LogP contribution in [0.1, 0.15) is 32.9 Å². The van der Waals surface area contributed by atoms with Gasteiger partial charge in [0.15, 0.2) is 18.1 Å². The van der Waals surface area contributed by atoms with Crippen LogP contribution in [0, 0.1) is 13.8 Å². The van der Waals surface area contributed by atoms with Gasteiger partial charge in [-0.25, -0.2) is 0 Å². The minimum absolute atomic E-state index is 0.0262. The molecule has 4 bridgehead atoms. The van der Waals surface area contributed by atoms with E-state index in [4.69, 9.17) is 14.2 Å². The maximum atomic E-state index is 13.4. The Morgan fingerprint density at radius 1 is 1.12 bits per heavy atom. The second-order valence-corrected chi connectivity index (χ2v) is 10.1. The number of methoxy groups -OCH3 is 1. The summed E-state index contributed by atoms with van der Waals surface area (Å²) in [5.74, 6) is 0.857. The largest absolute Gasteiger partial charge is 0.493 e. The predicted octanol–water partition coefficient (Wildman–Crippen LogP) is 1.57. The van der Waals surface area contributed by atoms with Gasteiger partial charge in [0.25, 0.3) is 11.8 Å². The van der Waals surface area contributed by atoms with Crippen molar-refractivity contribution >= 4 is 11.8 Å². The Labute approximate surface area is 233 Å². The summed E-state index contributed by atoms with van der Waals surface area (Å²) in [6.07, 6.45) is -0.299. The highest BCUT2D eigenvalue weighted by Gasteiger charge is 2.36. The van der Waals surface area contributed by atoms with Crippen LogP contribution in [0.3, 0.4) is 0 Å². The Kier molecular flexibility index (Phi) is 8.22. The lowest BCUT2D eigenvalue weighted by Gasteiger charge is -2.21. The number of hydrogen-bond donors (Lipinski definition) is 3. The molecular weight excluding hydrogens is 514 g/mol. The van der Waals surface area contributed by atoms with Crippen molar-refractivity contribution < 1.29 is 28.9 Å². The zero-order valence-corrected chi connectivity index (χ0v) is 23.0. The standard InChI is InChI=1S/C29H35N5O6/c1-18-23(19(2)34(32-18)10-11-35)14-33-15-24-27(16-33)40-22-7-4-20(5-8-22)13-30-28(36)17-39-26-12-21(29(37)31-24)6-9-25(26)38-3/h4-9,12,24,27,35H,10-11,13-17H2,1-3H3,(H,30,36)(H,31,37)/t24-,27-/m0/s1. The first-order valence-corrected chi connectivity index (χ1v) is 13.3. The van der Waals surface area contributed by atoms with Gasteiger partial charge >= 0.3 is 0 Å². The predicted molar refractivity (Wildman–Crippen MR) is 147 cm³/mol. The van der Waals surface area contributed by atoms with Crippen LogP contribution < -0.4 is 24.8 Å². The molecule has 0 spiro atoms. The Balaban J connectivity index is 1.42. The summed E-state index contributed by atoms with van der Waals surface area (Å²) in [5.41, 5.74) is 4.36. The Hall–Kier alpha value is -4.09. The Morgan fingerprint density at radius 3 is 2.67 bits per heavy atom. The number of carbonyl (C=O) groups is 2. The van der Waals surface area contributed by atoms with Crippen LogP contribution in [-0.4, -0.2) is 77.2 Å². The SMILES string of the molecule is COc1ccc2cc1OCC(=O)NCc1ccc(cc1)O[C@H]1CN(Cc3c(C)nn(CCO)c3C)C[C@@H]1NC2=O. The molecule has 3 aliphatic heterocycles. The first-order valence-electron chi connectivity index (χ1n) is 13.3. The Morgan fingerprint density at radius 2 is 1.93 bits per heavy atom. The maximum absolute atomic E-state index is 13.4. The quantitative estimate of drug-likeness (QED) is 0.438. The van der Waals surface area contributed by atoms with Gasteiger partial charge in [0.2, 0.25) is 0 Å². The molecule has 2 atom stereocenters. The highest BCUT2D eigenvalue weighted by Crippen LogP contribution is 2.29. The third kappa shape index (κ3) is 6.05. The van der Waals surface area contributed by atoms with E-state index in [1.807, 2.05) is 42.8 Å². The monoisotopic (exact) mass is 549 g/mol. The normalized spacial score (nSPS) is 19.7. The van der Waals surface area contributed by atoms with E-state index < -0.39 is 0 Å². The average Bonchev–Trinajstić information content (AvgIpc) is 3.45. The fourth-order valence-corrected chi connectivity index (χ4v) is 5.18. The molecule has 3 N–H and O–H groups in total. The van der Waals surface area contributed by atoms with E-state index in [9.17, 15) is 14.7 Å². The number of aliphatic hydroxyl groups is 1. The molecule has 6 rings (SSSR count). The van der Waals surface area contributed by atoms with Crippen LogP contribution in [0.25, 0.3) is 0 Å². The van der Waals surface area contributed by atoms with E-state index in [1.54, 1.807) is 18.2 Å². The van der Waals surface area contributed by atoms with Crippen LogP contribution in [0.4, 0.5) is 0 Å². The van der Waals surface area contributed by atoms with E-state index in [-0.39, 0.29) is 37.2 Å². The number of amides is 2. The van der Waals surface area contributed by atoms with Crippen molar-refractivity contribution in [3.63, 3.8) is 0 Å². The van der Waals surface area contributed by atoms with Crippen LogP contribution in [0.5, 0.6) is 17.2 Å². The van der Waals surface area contributed by atoms with Crippen molar-refractivity contribution in [2.45, 2.75) is 45.6 Å². The molecule has 4 heterocycles. The van der Waals surface area contributed by atoms with E-state index in [0.717, 1.165) is 22.5 Å². The van der Waals surface area contributed by atoms with Crippen LogP contribution in [-0.2, 0) is 24.4 Å². The summed E-state index contributed by atoms with van der Waals surface area (Å²) < 4.78 is 19.3. The molecule has 2 aromatic carbocycles. The lowest BCUT2D eigenvalue weighted by atomic mass is 10.1. The molecule has 1 aromatic heterocycles. The number of aryl methyl sites for hydroxylation is 1. The first kappa shape index (κ1) is 27.5. The second kappa shape index (κ2) is 12.0. The van der Waals surface area contributed by atoms with Crippen LogP contribution in [0.15, 0.2) is 42.5 Å². The highest BCUT2D eigenvalue weighted by molar-refractivity contribution is 5.95. The zero-order valence-electron chi connectivity index (χ0n) is 23.0. The summed E-state index contributed by atoms with van der Waals surface area (Å²) in [6, 6.07) is 12.2. The van der Waals surface area contributed by atoms with Gasteiger partial charge in [-0.2, -0.15) is 5.10 Å². The first-order chi connectivity index (χ1) is 19.3. The third-order valence-electron chi connectivity index (χ3n) is 7.37. The van der Waals surface area contributed by atoms with Gasteiger partial charge in [0.1, 0.15) is 11.9 Å². The zero-order chi connectivity index (χ0) is 28.2. The van der Waals surface area contributed by atoms with Gasteiger partial charge in [0, 0.05) is 43.0 Å². The summed E-state index contributed by atoms with van der Waals surface area (Å²) in [6.45, 7) is 6.42. The van der Waals surface area contributed by atoms with Crippen molar-refractivity contribution in [2.24, 2.45) is 0 Å². The number of likely N-dealkylation sites (tertiary alicyclic amines) is 1. The van der Waals surface area contributed by atoms with Crippen LogP contribution in [0.2, 0.25) is 0 Å². The van der Waals surface area contributed by atoms with Gasteiger partial charge in [-0.3, -0.25) is 19.2 Å². The molecule has 212 valence electrons. The molecule has 1 saturated heterocycles. The molecule has 0 saturated carbocycles. The number of aromatic nitrogens is 2. The van der Waals surface area contributed by atoms with Gasteiger partial charge in [0.05, 0.1) is 32.0 Å². The molecule has 2 amide bonds. The summed E-state index contributed by atoms with van der Waals surface area (Å²) in [4.78, 5) is 28.0. The fourth-order valence-electron chi connectivity index (χ4n) is 5.18. The maximum Gasteiger partial charge on any atom is 0.258 e. The number of benzene rings is 2. The number of nitrogens with zero attached hydrogens (tertiary/aromatic N) is 3. The number of ether oxygens (including phenoxy) is 3. The molecule has 0 unspecified atom stereocenters. The van der Waals surface area contributed by atoms with E-state index >= 15 is 0 Å². The summed E-state index contributed by atoms with van der Waals surface area (Å²) in [7, 11) is 1.51. The molecular formula is C29H35N5O6. The number of fused-ring (bicyclic) bond motifs is 7. The summed E-state index contributed by atoms with van der Waals surface area (Å²) in [5, 5.41) is 20.0. The van der Waals surface area contributed by atoms with Crippen molar-refractivity contribution in [3.8, 4) is 17.2 Å². The van der Waals surface area contributed by atoms with Crippen molar-refractivity contribution in [3.05, 3.63) is 70.5 Å². The van der Waals surface area contributed by atoms with Gasteiger partial charge in [-0.05, 0) is 49.7 Å². The lowest BCUT2D eigenvalue weighted by Crippen LogP contribution is -2.45. The number of rotatable bonds is 5. The molecule has 11 nitrogen and oxygen atoms in total. The second-order valence-electron chi connectivity index (χ2n) is 10.1. The average molecular weight is 550 g/mol. The highest BCUT2D eigenvalue weighted by atomic mass is 16.5. The van der Waals surface area contributed by atoms with Crippen molar-refractivity contribution in [1.82, 2.24) is 25.3 Å². The van der Waals surface area contributed by atoms with E-state index in [1.165, 1.54) is 7.11 Å². The number of carbonyl (C=O) groups excluding carboxylic acids is 2.